The SMILES string of the molecule is NC1(NO)CC(NO)NC(=O)N1. The van der Waals surface area contributed by atoms with Gasteiger partial charge in [0.15, 0.2) is 5.79 Å². The molecule has 0 aromatic rings. The van der Waals surface area contributed by atoms with E-state index in [9.17, 15) is 4.79 Å². The molecule has 8 N–H and O–H groups in total. The minimum atomic E-state index is -1.41. The van der Waals surface area contributed by atoms with Crippen LogP contribution >= 0.6 is 0 Å². The number of urea groups is 1. The Balaban J connectivity index is 2.62. The lowest BCUT2D eigenvalue weighted by Gasteiger charge is -2.36. The van der Waals surface area contributed by atoms with Gasteiger partial charge in [-0.2, -0.15) is 11.0 Å². The van der Waals surface area contributed by atoms with E-state index in [4.69, 9.17) is 16.1 Å². The molecule has 0 bridgehead atoms. The van der Waals surface area contributed by atoms with Crippen LogP contribution in [0.2, 0.25) is 0 Å². The van der Waals surface area contributed by atoms with Crippen LogP contribution < -0.4 is 27.3 Å². The maximum atomic E-state index is 10.8. The molecule has 0 spiro atoms. The van der Waals surface area contributed by atoms with Crippen LogP contribution in [0.4, 0.5) is 4.79 Å². The summed E-state index contributed by atoms with van der Waals surface area (Å²) in [6.07, 6.45) is -0.602. The molecule has 2 amide bonds. The summed E-state index contributed by atoms with van der Waals surface area (Å²) < 4.78 is 0. The molecule has 1 rings (SSSR count). The molecule has 70 valence electrons. The largest absolute Gasteiger partial charge is 0.320 e. The average Bonchev–Trinajstić information content (AvgIpc) is 2.03. The van der Waals surface area contributed by atoms with Gasteiger partial charge < -0.3 is 21.0 Å². The molecule has 8 nitrogen and oxygen atoms in total. The second-order valence-corrected chi connectivity index (χ2v) is 2.57. The smallest absolute Gasteiger partial charge is 0.318 e. The van der Waals surface area contributed by atoms with Gasteiger partial charge in [0.25, 0.3) is 0 Å². The Morgan fingerprint density at radius 2 is 2.33 bits per heavy atom. The average molecular weight is 177 g/mol. The molecule has 0 saturated carbocycles. The van der Waals surface area contributed by atoms with Gasteiger partial charge >= 0.3 is 6.03 Å². The van der Waals surface area contributed by atoms with Crippen LogP contribution in [0.5, 0.6) is 0 Å². The molecule has 8 heteroatoms. The van der Waals surface area contributed by atoms with Gasteiger partial charge in [0.05, 0.1) is 0 Å². The summed E-state index contributed by atoms with van der Waals surface area (Å²) >= 11 is 0. The summed E-state index contributed by atoms with van der Waals surface area (Å²) in [6.45, 7) is 0. The third kappa shape index (κ3) is 1.81. The van der Waals surface area contributed by atoms with Crippen LogP contribution in [-0.2, 0) is 0 Å². The summed E-state index contributed by atoms with van der Waals surface area (Å²) in [5, 5.41) is 21.6. The van der Waals surface area contributed by atoms with Crippen LogP contribution in [0.3, 0.4) is 0 Å². The van der Waals surface area contributed by atoms with E-state index in [1.807, 2.05) is 5.48 Å². The van der Waals surface area contributed by atoms with E-state index in [1.54, 1.807) is 5.48 Å². The highest BCUT2D eigenvalue weighted by Crippen LogP contribution is 2.04. The zero-order valence-electron chi connectivity index (χ0n) is 6.16. The molecule has 2 unspecified atom stereocenters. The summed E-state index contributed by atoms with van der Waals surface area (Å²) in [4.78, 5) is 10.8. The first kappa shape index (κ1) is 9.16. The molecule has 0 aromatic heterocycles. The number of carbonyl (C=O) groups excluding carboxylic acids is 1. The molecule has 1 saturated heterocycles. The van der Waals surface area contributed by atoms with Crippen LogP contribution in [0.1, 0.15) is 6.42 Å². The van der Waals surface area contributed by atoms with Crippen molar-refractivity contribution >= 4 is 6.03 Å². The number of hydroxylamine groups is 2. The van der Waals surface area contributed by atoms with E-state index in [1.165, 1.54) is 0 Å². The molecule has 1 aliphatic heterocycles. The Hall–Kier alpha value is -0.930. The molecule has 0 aliphatic carbocycles. The zero-order chi connectivity index (χ0) is 9.19. The van der Waals surface area contributed by atoms with Gasteiger partial charge in [0, 0.05) is 6.42 Å². The normalized spacial score (nSPS) is 35.6. The van der Waals surface area contributed by atoms with Gasteiger partial charge in [-0.05, 0) is 0 Å². The van der Waals surface area contributed by atoms with Gasteiger partial charge in [-0.1, -0.05) is 0 Å². The van der Waals surface area contributed by atoms with E-state index in [2.05, 4.69) is 10.6 Å². The molecule has 2 atom stereocenters. The molecule has 0 aromatic carbocycles. The van der Waals surface area contributed by atoms with Crippen LogP contribution in [0, 0.1) is 0 Å². The summed E-state index contributed by atoms with van der Waals surface area (Å²) in [5.41, 5.74) is 8.98. The number of nitrogens with one attached hydrogen (secondary N) is 4. The van der Waals surface area contributed by atoms with Crippen molar-refractivity contribution in [2.24, 2.45) is 5.73 Å². The molecule has 12 heavy (non-hydrogen) atoms. The molecule has 1 aliphatic rings. The van der Waals surface area contributed by atoms with Crippen molar-refractivity contribution in [2.75, 3.05) is 0 Å². The zero-order valence-corrected chi connectivity index (χ0v) is 6.16. The first-order valence-corrected chi connectivity index (χ1v) is 3.28. The van der Waals surface area contributed by atoms with E-state index in [-0.39, 0.29) is 6.42 Å². The Bertz CT molecular complexity index is 188. The third-order valence-corrected chi connectivity index (χ3v) is 1.52. The first-order valence-electron chi connectivity index (χ1n) is 3.28. The fourth-order valence-corrected chi connectivity index (χ4v) is 0.972. The summed E-state index contributed by atoms with van der Waals surface area (Å²) in [5.74, 6) is -1.41. The molecule has 0 radical (unpaired) electrons. The van der Waals surface area contributed by atoms with Crippen LogP contribution in [0.25, 0.3) is 0 Å². The van der Waals surface area contributed by atoms with Gasteiger partial charge in [-0.25, -0.2) is 4.79 Å². The van der Waals surface area contributed by atoms with E-state index < -0.39 is 18.0 Å². The third-order valence-electron chi connectivity index (χ3n) is 1.52. The predicted molar refractivity (Wildman–Crippen MR) is 36.8 cm³/mol. The first-order chi connectivity index (χ1) is 5.59. The highest BCUT2D eigenvalue weighted by Gasteiger charge is 2.35. The number of amides is 2. The second kappa shape index (κ2) is 3.21. The summed E-state index contributed by atoms with van der Waals surface area (Å²) in [7, 11) is 0. The minimum Gasteiger partial charge on any atom is -0.320 e. The standard InChI is InChI=1S/C4H11N5O3/c5-4(9-12)1-2(8-11)6-3(10)7-4/h2,8-9,11-12H,1,5H2,(H2,6,7,10). The fraction of sp³-hybridized carbons (Fsp3) is 0.750. The van der Waals surface area contributed by atoms with Crippen molar-refractivity contribution in [3.8, 4) is 0 Å². The maximum Gasteiger partial charge on any atom is 0.318 e. The number of rotatable bonds is 2. The highest BCUT2D eigenvalue weighted by molar-refractivity contribution is 5.75. The predicted octanol–water partition coefficient (Wildman–Crippen LogP) is -2.41. The van der Waals surface area contributed by atoms with Gasteiger partial charge in [-0.3, -0.25) is 5.73 Å². The number of hydrogen-bond acceptors (Lipinski definition) is 6. The quantitative estimate of drug-likeness (QED) is 0.185. The number of nitrogens with two attached hydrogens (primary N) is 1. The topological polar surface area (TPSA) is 132 Å². The molecule has 1 heterocycles. The number of hydrogen-bond donors (Lipinski definition) is 7. The summed E-state index contributed by atoms with van der Waals surface area (Å²) in [6, 6.07) is -0.586. The van der Waals surface area contributed by atoms with E-state index in [0.29, 0.717) is 0 Å². The van der Waals surface area contributed by atoms with Crippen LogP contribution in [-0.4, -0.2) is 28.4 Å². The lowest BCUT2D eigenvalue weighted by molar-refractivity contribution is 0.00253. The Morgan fingerprint density at radius 3 is 2.83 bits per heavy atom. The fourth-order valence-electron chi connectivity index (χ4n) is 0.972. The van der Waals surface area contributed by atoms with Gasteiger partial charge in [0.1, 0.15) is 6.17 Å². The van der Waals surface area contributed by atoms with Gasteiger partial charge in [-0.15, -0.1) is 0 Å². The van der Waals surface area contributed by atoms with Crippen molar-refractivity contribution < 1.29 is 15.2 Å². The molecule has 1 fully saturated rings. The molecular weight excluding hydrogens is 166 g/mol. The molecular formula is C4H11N5O3. The minimum absolute atomic E-state index is 0.0890. The van der Waals surface area contributed by atoms with Gasteiger partial charge in [0.2, 0.25) is 0 Å². The highest BCUT2D eigenvalue weighted by atomic mass is 16.5. The van der Waals surface area contributed by atoms with E-state index >= 15 is 0 Å². The second-order valence-electron chi connectivity index (χ2n) is 2.57. The Labute approximate surface area is 68.0 Å². The van der Waals surface area contributed by atoms with E-state index in [0.717, 1.165) is 0 Å². The van der Waals surface area contributed by atoms with Crippen molar-refractivity contribution in [3.05, 3.63) is 0 Å². The van der Waals surface area contributed by atoms with Crippen molar-refractivity contribution in [2.45, 2.75) is 18.4 Å². The Morgan fingerprint density at radius 1 is 1.67 bits per heavy atom. The maximum absolute atomic E-state index is 10.8. The Kier molecular flexibility index (Phi) is 2.45. The lowest BCUT2D eigenvalue weighted by atomic mass is 10.2. The van der Waals surface area contributed by atoms with Crippen LogP contribution in [0.15, 0.2) is 0 Å². The van der Waals surface area contributed by atoms with Crippen molar-refractivity contribution in [1.29, 1.82) is 0 Å². The van der Waals surface area contributed by atoms with Crippen molar-refractivity contribution in [3.63, 3.8) is 0 Å². The number of carbonyl (C=O) groups is 1. The van der Waals surface area contributed by atoms with Crippen molar-refractivity contribution in [1.82, 2.24) is 21.6 Å². The lowest BCUT2D eigenvalue weighted by Crippen LogP contribution is -2.74. The monoisotopic (exact) mass is 177 g/mol.